The standard InChI is InChI=1S/C11H24NPS2/c1-4-14-13-15-8-10-6-5-7-11(10)12-9(2)3/h9-13H,4-8H2,1-3H3. The maximum Gasteiger partial charge on any atom is 0.0106 e. The van der Waals surface area contributed by atoms with Crippen molar-refractivity contribution in [1.82, 2.24) is 5.32 Å². The van der Waals surface area contributed by atoms with Crippen molar-refractivity contribution in [2.24, 2.45) is 5.92 Å². The van der Waals surface area contributed by atoms with Gasteiger partial charge in [-0.25, -0.2) is 0 Å². The van der Waals surface area contributed by atoms with Gasteiger partial charge in [-0.2, -0.15) is 0 Å². The monoisotopic (exact) mass is 265 g/mol. The highest BCUT2D eigenvalue weighted by atomic mass is 33.1. The average Bonchev–Trinajstić information content (AvgIpc) is 2.59. The minimum absolute atomic E-state index is 0.646. The third-order valence-electron chi connectivity index (χ3n) is 2.77. The Labute approximate surface area is 105 Å². The van der Waals surface area contributed by atoms with E-state index in [9.17, 15) is 0 Å². The van der Waals surface area contributed by atoms with Crippen LogP contribution in [0.4, 0.5) is 0 Å². The summed E-state index contributed by atoms with van der Waals surface area (Å²) in [4.78, 5) is 0. The van der Waals surface area contributed by atoms with Crippen LogP contribution < -0.4 is 5.32 Å². The molecular formula is C11H24NPS2. The molecule has 1 rings (SSSR count). The first-order valence-corrected chi connectivity index (χ1v) is 10.4. The van der Waals surface area contributed by atoms with Crippen LogP contribution in [0, 0.1) is 5.92 Å². The maximum absolute atomic E-state index is 3.72. The molecule has 0 bridgehead atoms. The van der Waals surface area contributed by atoms with E-state index in [0.717, 1.165) is 18.9 Å². The highest BCUT2D eigenvalue weighted by Gasteiger charge is 2.26. The molecule has 3 atom stereocenters. The normalized spacial score (nSPS) is 27.2. The predicted molar refractivity (Wildman–Crippen MR) is 78.3 cm³/mol. The predicted octanol–water partition coefficient (Wildman–Crippen LogP) is 4.15. The van der Waals surface area contributed by atoms with Gasteiger partial charge in [0, 0.05) is 17.8 Å². The summed E-state index contributed by atoms with van der Waals surface area (Å²) in [5.41, 5.74) is 0. The van der Waals surface area contributed by atoms with E-state index in [4.69, 9.17) is 0 Å². The van der Waals surface area contributed by atoms with Crippen molar-refractivity contribution < 1.29 is 0 Å². The van der Waals surface area contributed by atoms with Crippen LogP contribution >= 0.6 is 29.7 Å². The fourth-order valence-corrected chi connectivity index (χ4v) is 6.88. The second-order valence-electron chi connectivity index (χ2n) is 4.45. The zero-order chi connectivity index (χ0) is 11.1. The summed E-state index contributed by atoms with van der Waals surface area (Å²) in [6.07, 6.45) is 4.27. The van der Waals surface area contributed by atoms with Crippen molar-refractivity contribution in [3.8, 4) is 0 Å². The molecule has 1 fully saturated rings. The lowest BCUT2D eigenvalue weighted by molar-refractivity contribution is 0.400. The lowest BCUT2D eigenvalue weighted by atomic mass is 10.1. The molecule has 0 aromatic rings. The molecule has 3 unspecified atom stereocenters. The number of nitrogens with one attached hydrogen (secondary N) is 1. The summed E-state index contributed by atoms with van der Waals surface area (Å²) >= 11 is 4.23. The van der Waals surface area contributed by atoms with Gasteiger partial charge in [0.2, 0.25) is 0 Å². The minimum Gasteiger partial charge on any atom is -0.311 e. The highest BCUT2D eigenvalue weighted by Crippen LogP contribution is 2.44. The van der Waals surface area contributed by atoms with Gasteiger partial charge in [0.25, 0.3) is 0 Å². The molecule has 0 aliphatic heterocycles. The third kappa shape index (κ3) is 5.81. The smallest absolute Gasteiger partial charge is 0.0106 e. The van der Waals surface area contributed by atoms with E-state index in [1.54, 1.807) is 0 Å². The molecule has 1 saturated carbocycles. The first-order valence-electron chi connectivity index (χ1n) is 5.98. The molecule has 1 aliphatic rings. The molecule has 0 aromatic heterocycles. The van der Waals surface area contributed by atoms with Gasteiger partial charge in [0.05, 0.1) is 0 Å². The highest BCUT2D eigenvalue weighted by molar-refractivity contribution is 8.82. The minimum atomic E-state index is 0.646. The lowest BCUT2D eigenvalue weighted by Gasteiger charge is -2.22. The number of hydrogen-bond acceptors (Lipinski definition) is 3. The van der Waals surface area contributed by atoms with Crippen molar-refractivity contribution in [1.29, 1.82) is 0 Å². The molecule has 90 valence electrons. The Hall–Kier alpha value is 1.09. The van der Waals surface area contributed by atoms with Gasteiger partial charge in [0.15, 0.2) is 0 Å². The fraction of sp³-hybridized carbons (Fsp3) is 1.00. The van der Waals surface area contributed by atoms with Crippen molar-refractivity contribution in [3.63, 3.8) is 0 Å². The topological polar surface area (TPSA) is 12.0 Å². The molecule has 0 saturated heterocycles. The lowest BCUT2D eigenvalue weighted by Crippen LogP contribution is -2.38. The van der Waals surface area contributed by atoms with Gasteiger partial charge in [-0.3, -0.25) is 0 Å². The summed E-state index contributed by atoms with van der Waals surface area (Å²) in [5.74, 6) is 3.57. The molecule has 1 N–H and O–H groups in total. The second-order valence-corrected chi connectivity index (χ2v) is 9.83. The van der Waals surface area contributed by atoms with E-state index in [1.807, 2.05) is 0 Å². The van der Waals surface area contributed by atoms with Gasteiger partial charge >= 0.3 is 0 Å². The summed E-state index contributed by atoms with van der Waals surface area (Å²) < 4.78 is 0. The molecule has 0 aromatic carbocycles. The largest absolute Gasteiger partial charge is 0.311 e. The zero-order valence-electron chi connectivity index (χ0n) is 10.1. The van der Waals surface area contributed by atoms with Crippen LogP contribution in [0.15, 0.2) is 0 Å². The molecule has 0 heterocycles. The Bertz CT molecular complexity index is 167. The van der Waals surface area contributed by atoms with Gasteiger partial charge < -0.3 is 5.32 Å². The number of hydrogen-bond donors (Lipinski definition) is 1. The average molecular weight is 265 g/mol. The van der Waals surface area contributed by atoms with Gasteiger partial charge in [-0.1, -0.05) is 27.2 Å². The van der Waals surface area contributed by atoms with Crippen molar-refractivity contribution >= 4 is 29.7 Å². The van der Waals surface area contributed by atoms with Gasteiger partial charge in [-0.15, -0.1) is 22.8 Å². The first-order chi connectivity index (χ1) is 7.24. The van der Waals surface area contributed by atoms with Crippen LogP contribution in [0.2, 0.25) is 0 Å². The van der Waals surface area contributed by atoms with E-state index >= 15 is 0 Å². The van der Waals surface area contributed by atoms with Gasteiger partial charge in [-0.05, 0) is 31.5 Å². The van der Waals surface area contributed by atoms with Crippen molar-refractivity contribution in [2.75, 3.05) is 11.5 Å². The summed E-state index contributed by atoms with van der Waals surface area (Å²) in [6, 6.07) is 1.45. The Morgan fingerprint density at radius 3 is 2.80 bits per heavy atom. The van der Waals surface area contributed by atoms with E-state index < -0.39 is 0 Å². The molecule has 0 spiro atoms. The Balaban J connectivity index is 2.15. The molecule has 4 heteroatoms. The quantitative estimate of drug-likeness (QED) is 0.548. The fourth-order valence-electron chi connectivity index (χ4n) is 2.13. The van der Waals surface area contributed by atoms with Crippen LogP contribution in [-0.4, -0.2) is 23.6 Å². The van der Waals surface area contributed by atoms with E-state index in [-0.39, 0.29) is 0 Å². The van der Waals surface area contributed by atoms with Crippen molar-refractivity contribution in [3.05, 3.63) is 0 Å². The van der Waals surface area contributed by atoms with Crippen LogP contribution in [-0.2, 0) is 0 Å². The summed E-state index contributed by atoms with van der Waals surface area (Å²) in [7, 11) is 0. The first kappa shape index (κ1) is 14.2. The van der Waals surface area contributed by atoms with E-state index in [2.05, 4.69) is 48.9 Å². The second kappa shape index (κ2) is 8.22. The van der Waals surface area contributed by atoms with Crippen molar-refractivity contribution in [2.45, 2.75) is 52.1 Å². The van der Waals surface area contributed by atoms with Crippen LogP contribution in [0.1, 0.15) is 40.0 Å². The zero-order valence-corrected chi connectivity index (χ0v) is 12.7. The van der Waals surface area contributed by atoms with Gasteiger partial charge in [0.1, 0.15) is 0 Å². The summed E-state index contributed by atoms with van der Waals surface area (Å²) in [6.45, 7) is 7.82. The Morgan fingerprint density at radius 2 is 2.13 bits per heavy atom. The SMILES string of the molecule is CCSPSCC1CCCC1NC(C)C. The molecule has 1 nitrogen and oxygen atoms in total. The number of rotatable bonds is 7. The summed E-state index contributed by atoms with van der Waals surface area (Å²) in [5, 5.41) is 3.72. The molecule has 0 radical (unpaired) electrons. The molecule has 15 heavy (non-hydrogen) atoms. The Morgan fingerprint density at radius 1 is 1.33 bits per heavy atom. The van der Waals surface area contributed by atoms with E-state index in [1.165, 1.54) is 30.8 Å². The van der Waals surface area contributed by atoms with Crippen LogP contribution in [0.25, 0.3) is 0 Å². The molecule has 0 amide bonds. The maximum atomic E-state index is 3.72. The Kier molecular flexibility index (Phi) is 7.76. The van der Waals surface area contributed by atoms with E-state index in [0.29, 0.717) is 6.04 Å². The molecule has 1 aliphatic carbocycles. The third-order valence-corrected chi connectivity index (χ3v) is 8.08. The van der Waals surface area contributed by atoms with Crippen LogP contribution in [0.3, 0.4) is 0 Å². The molecular weight excluding hydrogens is 241 g/mol. The van der Waals surface area contributed by atoms with Crippen LogP contribution in [0.5, 0.6) is 0 Å².